The minimum atomic E-state index is -0.951. The Kier molecular flexibility index (Phi) is 6.46. The van der Waals surface area contributed by atoms with Crippen LogP contribution in [0.3, 0.4) is 0 Å². The maximum Gasteiger partial charge on any atom is 0.344 e. The summed E-state index contributed by atoms with van der Waals surface area (Å²) >= 11 is 0. The van der Waals surface area contributed by atoms with E-state index in [1.165, 1.54) is 18.2 Å². The molecule has 2 N–H and O–H groups in total. The van der Waals surface area contributed by atoms with Gasteiger partial charge in [-0.25, -0.2) is 9.18 Å². The van der Waals surface area contributed by atoms with Gasteiger partial charge in [0.25, 0.3) is 11.8 Å². The van der Waals surface area contributed by atoms with Crippen LogP contribution in [0.2, 0.25) is 0 Å². The van der Waals surface area contributed by atoms with Crippen molar-refractivity contribution in [3.05, 3.63) is 54.3 Å². The lowest BCUT2D eigenvalue weighted by molar-refractivity contribution is -0.151. The summed E-state index contributed by atoms with van der Waals surface area (Å²) in [6.07, 6.45) is -0.951. The highest BCUT2D eigenvalue weighted by Crippen LogP contribution is 2.30. The highest BCUT2D eigenvalue weighted by Gasteiger charge is 2.27. The standard InChI is InChI=1S/C19H17FN2O7/c20-12-4-3-5-13(8-12)26-11-18(24)28-10-17(23)21-22-19(25)16-9-27-14-6-1-2-7-15(14)29-16/h1-8,16H,9-11H2,(H,21,23)(H,22,25)/t16-/m1/s1. The number of benzene rings is 2. The quantitative estimate of drug-likeness (QED) is 0.539. The van der Waals surface area contributed by atoms with Crippen LogP contribution >= 0.6 is 0 Å². The number of hydrazine groups is 1. The van der Waals surface area contributed by atoms with Gasteiger partial charge in [0.2, 0.25) is 6.10 Å². The van der Waals surface area contributed by atoms with Gasteiger partial charge in [0, 0.05) is 6.07 Å². The molecule has 10 heteroatoms. The molecule has 152 valence electrons. The predicted octanol–water partition coefficient (Wildman–Crippen LogP) is 0.735. The Morgan fingerprint density at radius 1 is 1.03 bits per heavy atom. The molecule has 9 nitrogen and oxygen atoms in total. The van der Waals surface area contributed by atoms with Gasteiger partial charge < -0.3 is 18.9 Å². The highest BCUT2D eigenvalue weighted by atomic mass is 19.1. The van der Waals surface area contributed by atoms with Crippen molar-refractivity contribution >= 4 is 17.8 Å². The van der Waals surface area contributed by atoms with Crippen LogP contribution in [0.25, 0.3) is 0 Å². The summed E-state index contributed by atoms with van der Waals surface area (Å²) in [5.74, 6) is -1.67. The summed E-state index contributed by atoms with van der Waals surface area (Å²) in [5, 5.41) is 0. The molecule has 2 aromatic carbocycles. The second-order valence-corrected chi connectivity index (χ2v) is 5.81. The Labute approximate surface area is 164 Å². The molecule has 1 aliphatic rings. The number of ether oxygens (including phenoxy) is 4. The average molecular weight is 404 g/mol. The van der Waals surface area contributed by atoms with Gasteiger partial charge in [0.15, 0.2) is 24.7 Å². The molecule has 1 atom stereocenters. The van der Waals surface area contributed by atoms with Crippen LogP contribution in [0.15, 0.2) is 48.5 Å². The molecule has 0 aliphatic carbocycles. The van der Waals surface area contributed by atoms with Crippen molar-refractivity contribution < 1.29 is 37.7 Å². The molecule has 0 unspecified atom stereocenters. The van der Waals surface area contributed by atoms with Gasteiger partial charge in [0.05, 0.1) is 0 Å². The van der Waals surface area contributed by atoms with Crippen molar-refractivity contribution in [3.63, 3.8) is 0 Å². The molecule has 2 aromatic rings. The number of rotatable bonds is 6. The van der Waals surface area contributed by atoms with E-state index in [1.807, 2.05) is 0 Å². The molecule has 0 saturated heterocycles. The first-order valence-corrected chi connectivity index (χ1v) is 8.52. The van der Waals surface area contributed by atoms with Gasteiger partial charge in [-0.3, -0.25) is 20.4 Å². The van der Waals surface area contributed by atoms with E-state index in [0.717, 1.165) is 6.07 Å². The number of hydrogen-bond donors (Lipinski definition) is 2. The minimum absolute atomic E-state index is 0.0227. The van der Waals surface area contributed by atoms with E-state index in [4.69, 9.17) is 18.9 Å². The largest absolute Gasteiger partial charge is 0.485 e. The van der Waals surface area contributed by atoms with Crippen LogP contribution in [0.4, 0.5) is 4.39 Å². The van der Waals surface area contributed by atoms with Crippen LogP contribution in [0, 0.1) is 5.82 Å². The summed E-state index contributed by atoms with van der Waals surface area (Å²) < 4.78 is 33.6. The highest BCUT2D eigenvalue weighted by molar-refractivity contribution is 5.86. The van der Waals surface area contributed by atoms with Crippen LogP contribution in [0.5, 0.6) is 17.2 Å². The number of para-hydroxylation sites is 2. The van der Waals surface area contributed by atoms with Crippen LogP contribution < -0.4 is 25.1 Å². The van der Waals surface area contributed by atoms with Crippen molar-refractivity contribution in [1.29, 1.82) is 0 Å². The zero-order valence-electron chi connectivity index (χ0n) is 15.1. The molecule has 3 rings (SSSR count). The van der Waals surface area contributed by atoms with E-state index in [-0.39, 0.29) is 12.4 Å². The topological polar surface area (TPSA) is 112 Å². The fourth-order valence-corrected chi connectivity index (χ4v) is 2.28. The molecule has 0 aromatic heterocycles. The summed E-state index contributed by atoms with van der Waals surface area (Å²) in [6, 6.07) is 12.1. The zero-order chi connectivity index (χ0) is 20.6. The fraction of sp³-hybridized carbons (Fsp3) is 0.211. The van der Waals surface area contributed by atoms with Crippen molar-refractivity contribution in [2.75, 3.05) is 19.8 Å². The molecule has 29 heavy (non-hydrogen) atoms. The molecular formula is C19H17FN2O7. The number of halogens is 1. The summed E-state index contributed by atoms with van der Waals surface area (Å²) in [6.45, 7) is -1.17. The summed E-state index contributed by atoms with van der Waals surface area (Å²) in [4.78, 5) is 35.3. The molecule has 2 amide bonds. The monoisotopic (exact) mass is 404 g/mol. The lowest BCUT2D eigenvalue weighted by Crippen LogP contribution is -2.51. The minimum Gasteiger partial charge on any atom is -0.485 e. The number of nitrogens with one attached hydrogen (secondary N) is 2. The first-order valence-electron chi connectivity index (χ1n) is 8.52. The van der Waals surface area contributed by atoms with Crippen LogP contribution in [-0.2, 0) is 19.1 Å². The second kappa shape index (κ2) is 9.40. The first-order chi connectivity index (χ1) is 14.0. The number of hydrogen-bond acceptors (Lipinski definition) is 7. The second-order valence-electron chi connectivity index (χ2n) is 5.81. The zero-order valence-corrected chi connectivity index (χ0v) is 15.1. The maximum absolute atomic E-state index is 13.0. The maximum atomic E-state index is 13.0. The molecule has 0 spiro atoms. The molecular weight excluding hydrogens is 387 g/mol. The number of esters is 1. The molecule has 0 saturated carbocycles. The Hall–Kier alpha value is -3.82. The van der Waals surface area contributed by atoms with Crippen molar-refractivity contribution in [2.24, 2.45) is 0 Å². The van der Waals surface area contributed by atoms with Gasteiger partial charge in [-0.1, -0.05) is 18.2 Å². The Morgan fingerprint density at radius 2 is 1.83 bits per heavy atom. The van der Waals surface area contributed by atoms with Gasteiger partial charge in [-0.2, -0.15) is 0 Å². The van der Waals surface area contributed by atoms with Gasteiger partial charge in [0.1, 0.15) is 18.2 Å². The molecule has 0 radical (unpaired) electrons. The normalized spacial score (nSPS) is 14.4. The van der Waals surface area contributed by atoms with Crippen molar-refractivity contribution in [2.45, 2.75) is 6.10 Å². The lowest BCUT2D eigenvalue weighted by atomic mass is 10.2. The molecule has 1 heterocycles. The smallest absolute Gasteiger partial charge is 0.344 e. The SMILES string of the molecule is O=C(COC(=O)COc1cccc(F)c1)NNC(=O)[C@H]1COc2ccccc2O1. The fourth-order valence-electron chi connectivity index (χ4n) is 2.28. The first kappa shape index (κ1) is 19.9. The van der Waals surface area contributed by atoms with E-state index in [1.54, 1.807) is 24.3 Å². The number of carbonyl (C=O) groups is 3. The van der Waals surface area contributed by atoms with Crippen LogP contribution in [0.1, 0.15) is 0 Å². The van der Waals surface area contributed by atoms with Gasteiger partial charge in [-0.05, 0) is 24.3 Å². The van der Waals surface area contributed by atoms with Gasteiger partial charge in [-0.15, -0.1) is 0 Å². The number of fused-ring (bicyclic) bond motifs is 1. The third-order valence-electron chi connectivity index (χ3n) is 3.64. The summed E-state index contributed by atoms with van der Waals surface area (Å²) in [5.41, 5.74) is 4.26. The van der Waals surface area contributed by atoms with Crippen molar-refractivity contribution in [1.82, 2.24) is 10.9 Å². The van der Waals surface area contributed by atoms with Crippen LogP contribution in [-0.4, -0.2) is 43.7 Å². The number of amides is 2. The van der Waals surface area contributed by atoms with Crippen molar-refractivity contribution in [3.8, 4) is 17.2 Å². The van der Waals surface area contributed by atoms with E-state index in [2.05, 4.69) is 10.9 Å². The lowest BCUT2D eigenvalue weighted by Gasteiger charge is -2.25. The Bertz CT molecular complexity index is 906. The molecule has 0 bridgehead atoms. The average Bonchev–Trinajstić information content (AvgIpc) is 2.74. The van der Waals surface area contributed by atoms with E-state index >= 15 is 0 Å². The predicted molar refractivity (Wildman–Crippen MR) is 95.5 cm³/mol. The van der Waals surface area contributed by atoms with E-state index in [9.17, 15) is 18.8 Å². The summed E-state index contributed by atoms with van der Waals surface area (Å²) in [7, 11) is 0. The number of carbonyl (C=O) groups excluding carboxylic acids is 3. The molecule has 0 fully saturated rings. The van der Waals surface area contributed by atoms with Gasteiger partial charge >= 0.3 is 5.97 Å². The third kappa shape index (κ3) is 5.83. The molecule has 1 aliphatic heterocycles. The van der Waals surface area contributed by atoms with E-state index in [0.29, 0.717) is 11.5 Å². The third-order valence-corrected chi connectivity index (χ3v) is 3.64. The Morgan fingerprint density at radius 3 is 2.62 bits per heavy atom. The Balaban J connectivity index is 1.34. The van der Waals surface area contributed by atoms with E-state index < -0.39 is 42.9 Å².